The molecule has 0 aliphatic carbocycles. The lowest BCUT2D eigenvalue weighted by atomic mass is 10.1. The maximum absolute atomic E-state index is 13.0. The molecule has 18 heavy (non-hydrogen) atoms. The van der Waals surface area contributed by atoms with Crippen LogP contribution in [0.3, 0.4) is 0 Å². The molecule has 0 atom stereocenters. The zero-order valence-corrected chi connectivity index (χ0v) is 10.7. The quantitative estimate of drug-likeness (QED) is 0.855. The summed E-state index contributed by atoms with van der Waals surface area (Å²) < 4.78 is 13.0. The largest absolute Gasteiger partial charge is 0.309 e. The highest BCUT2D eigenvalue weighted by molar-refractivity contribution is 5.77. The predicted molar refractivity (Wildman–Crippen MR) is 68.9 cm³/mol. The van der Waals surface area contributed by atoms with Crippen molar-refractivity contribution in [3.8, 4) is 0 Å². The number of fused-ring (bicyclic) bond motifs is 1. The van der Waals surface area contributed by atoms with Crippen LogP contribution in [0.5, 0.6) is 0 Å². The van der Waals surface area contributed by atoms with Gasteiger partial charge in [-0.15, -0.1) is 0 Å². The Morgan fingerprint density at radius 3 is 2.78 bits per heavy atom. The summed E-state index contributed by atoms with van der Waals surface area (Å²) in [6, 6.07) is 4.01. The van der Waals surface area contributed by atoms with Crippen LogP contribution in [0.2, 0.25) is 0 Å². The van der Waals surface area contributed by atoms with Gasteiger partial charge in [-0.25, -0.2) is 9.37 Å². The SMILES string of the molecule is CC(C)(C)NCc1nc2ccc(F)cc2c(=O)[nH]1. The van der Waals surface area contributed by atoms with Gasteiger partial charge in [-0.05, 0) is 39.0 Å². The standard InChI is InChI=1S/C13H16FN3O/c1-13(2,3)15-7-11-16-10-5-4-8(14)6-9(10)12(18)17-11/h4-6,15H,7H2,1-3H3,(H,16,17,18). The first-order chi connectivity index (χ1) is 8.35. The number of halogens is 1. The average Bonchev–Trinajstić information content (AvgIpc) is 2.26. The molecule has 96 valence electrons. The molecule has 0 amide bonds. The molecule has 0 saturated heterocycles. The van der Waals surface area contributed by atoms with Crippen molar-refractivity contribution in [1.82, 2.24) is 15.3 Å². The minimum Gasteiger partial charge on any atom is -0.309 e. The Hall–Kier alpha value is -1.75. The summed E-state index contributed by atoms with van der Waals surface area (Å²) in [4.78, 5) is 18.7. The monoisotopic (exact) mass is 249 g/mol. The van der Waals surface area contributed by atoms with E-state index in [1.807, 2.05) is 20.8 Å². The molecule has 1 heterocycles. The van der Waals surface area contributed by atoms with Gasteiger partial charge in [-0.3, -0.25) is 4.79 Å². The Morgan fingerprint density at radius 2 is 2.11 bits per heavy atom. The second kappa shape index (κ2) is 4.49. The maximum Gasteiger partial charge on any atom is 0.258 e. The van der Waals surface area contributed by atoms with E-state index in [-0.39, 0.29) is 16.5 Å². The van der Waals surface area contributed by atoms with E-state index in [1.165, 1.54) is 18.2 Å². The lowest BCUT2D eigenvalue weighted by Crippen LogP contribution is -2.36. The summed E-state index contributed by atoms with van der Waals surface area (Å²) in [6.45, 7) is 6.55. The fourth-order valence-corrected chi connectivity index (χ4v) is 1.59. The van der Waals surface area contributed by atoms with E-state index in [0.717, 1.165) is 0 Å². The van der Waals surface area contributed by atoms with Crippen LogP contribution < -0.4 is 10.9 Å². The Kier molecular flexibility index (Phi) is 3.17. The third kappa shape index (κ3) is 2.92. The second-order valence-corrected chi connectivity index (χ2v) is 5.28. The van der Waals surface area contributed by atoms with E-state index in [4.69, 9.17) is 0 Å². The van der Waals surface area contributed by atoms with Gasteiger partial charge in [0.2, 0.25) is 0 Å². The molecule has 0 saturated carbocycles. The van der Waals surface area contributed by atoms with E-state index < -0.39 is 5.82 Å². The Labute approximate surface area is 104 Å². The minimum atomic E-state index is -0.435. The second-order valence-electron chi connectivity index (χ2n) is 5.28. The van der Waals surface area contributed by atoms with E-state index in [2.05, 4.69) is 15.3 Å². The first-order valence-electron chi connectivity index (χ1n) is 5.79. The van der Waals surface area contributed by atoms with Crippen molar-refractivity contribution in [2.24, 2.45) is 0 Å². The van der Waals surface area contributed by atoms with E-state index >= 15 is 0 Å². The summed E-state index contributed by atoms with van der Waals surface area (Å²) in [5, 5.41) is 3.51. The number of hydrogen-bond donors (Lipinski definition) is 2. The van der Waals surface area contributed by atoms with Crippen molar-refractivity contribution in [3.63, 3.8) is 0 Å². The van der Waals surface area contributed by atoms with Crippen molar-refractivity contribution >= 4 is 10.9 Å². The highest BCUT2D eigenvalue weighted by Crippen LogP contribution is 2.09. The number of aromatic nitrogens is 2. The number of benzene rings is 1. The number of nitrogens with one attached hydrogen (secondary N) is 2. The van der Waals surface area contributed by atoms with Gasteiger partial charge in [0.25, 0.3) is 5.56 Å². The topological polar surface area (TPSA) is 57.8 Å². The number of hydrogen-bond acceptors (Lipinski definition) is 3. The molecule has 4 nitrogen and oxygen atoms in total. The van der Waals surface area contributed by atoms with Gasteiger partial charge in [0.1, 0.15) is 11.6 Å². The zero-order chi connectivity index (χ0) is 13.3. The van der Waals surface area contributed by atoms with Crippen LogP contribution in [0.15, 0.2) is 23.0 Å². The average molecular weight is 249 g/mol. The van der Waals surface area contributed by atoms with Gasteiger partial charge >= 0.3 is 0 Å². The molecule has 0 fully saturated rings. The summed E-state index contributed by atoms with van der Waals surface area (Å²) in [7, 11) is 0. The normalized spacial score (nSPS) is 12.0. The van der Waals surface area contributed by atoms with Crippen molar-refractivity contribution in [2.75, 3.05) is 0 Å². The van der Waals surface area contributed by atoms with Crippen LogP contribution in [-0.2, 0) is 6.54 Å². The van der Waals surface area contributed by atoms with Crippen molar-refractivity contribution < 1.29 is 4.39 Å². The van der Waals surface area contributed by atoms with Crippen LogP contribution in [0.25, 0.3) is 10.9 Å². The van der Waals surface area contributed by atoms with Crippen LogP contribution in [-0.4, -0.2) is 15.5 Å². The van der Waals surface area contributed by atoms with Gasteiger partial charge in [0, 0.05) is 5.54 Å². The van der Waals surface area contributed by atoms with Crippen LogP contribution in [0.4, 0.5) is 4.39 Å². The molecule has 5 heteroatoms. The lowest BCUT2D eigenvalue weighted by molar-refractivity contribution is 0.418. The Balaban J connectivity index is 2.38. The highest BCUT2D eigenvalue weighted by Gasteiger charge is 2.10. The van der Waals surface area contributed by atoms with Crippen LogP contribution >= 0.6 is 0 Å². The van der Waals surface area contributed by atoms with Crippen molar-refractivity contribution in [2.45, 2.75) is 32.9 Å². The first-order valence-corrected chi connectivity index (χ1v) is 5.79. The van der Waals surface area contributed by atoms with Crippen molar-refractivity contribution in [1.29, 1.82) is 0 Å². The van der Waals surface area contributed by atoms with Gasteiger partial charge < -0.3 is 10.3 Å². The first kappa shape index (κ1) is 12.7. The molecular formula is C13H16FN3O. The van der Waals surface area contributed by atoms with Gasteiger partial charge in [-0.2, -0.15) is 0 Å². The summed E-state index contributed by atoms with van der Waals surface area (Å²) in [5.74, 6) is 0.115. The lowest BCUT2D eigenvalue weighted by Gasteiger charge is -2.19. The zero-order valence-electron chi connectivity index (χ0n) is 10.7. The van der Waals surface area contributed by atoms with Crippen LogP contribution in [0.1, 0.15) is 26.6 Å². The molecule has 2 aromatic rings. The summed E-state index contributed by atoms with van der Waals surface area (Å²) in [6.07, 6.45) is 0. The van der Waals surface area contributed by atoms with Gasteiger partial charge in [0.05, 0.1) is 17.4 Å². The highest BCUT2D eigenvalue weighted by atomic mass is 19.1. The van der Waals surface area contributed by atoms with E-state index in [9.17, 15) is 9.18 Å². The molecule has 1 aromatic carbocycles. The smallest absolute Gasteiger partial charge is 0.258 e. The third-order valence-corrected chi connectivity index (χ3v) is 2.50. The maximum atomic E-state index is 13.0. The molecule has 0 unspecified atom stereocenters. The van der Waals surface area contributed by atoms with Crippen LogP contribution in [0, 0.1) is 5.82 Å². The number of aromatic amines is 1. The fraction of sp³-hybridized carbons (Fsp3) is 0.385. The third-order valence-electron chi connectivity index (χ3n) is 2.50. The molecule has 0 bridgehead atoms. The van der Waals surface area contributed by atoms with E-state index in [1.54, 1.807) is 0 Å². The number of H-pyrrole nitrogens is 1. The van der Waals surface area contributed by atoms with Crippen molar-refractivity contribution in [3.05, 3.63) is 40.2 Å². The number of rotatable bonds is 2. The Bertz CT molecular complexity index is 628. The molecule has 0 radical (unpaired) electrons. The predicted octanol–water partition coefficient (Wildman–Crippen LogP) is 1.95. The Morgan fingerprint density at radius 1 is 1.39 bits per heavy atom. The molecule has 0 aliphatic rings. The summed E-state index contributed by atoms with van der Waals surface area (Å²) in [5.41, 5.74) is 0.132. The van der Waals surface area contributed by atoms with Gasteiger partial charge in [0.15, 0.2) is 0 Å². The van der Waals surface area contributed by atoms with E-state index in [0.29, 0.717) is 17.9 Å². The molecular weight excluding hydrogens is 233 g/mol. The minimum absolute atomic E-state index is 0.0592. The molecule has 0 spiro atoms. The molecule has 1 aromatic heterocycles. The number of nitrogens with zero attached hydrogens (tertiary/aromatic N) is 1. The van der Waals surface area contributed by atoms with Gasteiger partial charge in [-0.1, -0.05) is 0 Å². The molecule has 0 aliphatic heterocycles. The molecule has 2 N–H and O–H groups in total. The molecule has 2 rings (SSSR count). The fourth-order valence-electron chi connectivity index (χ4n) is 1.59. The summed E-state index contributed by atoms with van der Waals surface area (Å²) >= 11 is 0.